The van der Waals surface area contributed by atoms with Crippen LogP contribution in [0.2, 0.25) is 0 Å². The van der Waals surface area contributed by atoms with Crippen molar-refractivity contribution in [2.75, 3.05) is 11.1 Å². The summed E-state index contributed by atoms with van der Waals surface area (Å²) in [6.07, 6.45) is -3.57. The van der Waals surface area contributed by atoms with Gasteiger partial charge in [0.05, 0.1) is 11.3 Å². The largest absolute Gasteiger partial charge is 0.416 e. The first-order valence-electron chi connectivity index (χ1n) is 9.08. The minimum Gasteiger partial charge on any atom is -0.338 e. The zero-order valence-electron chi connectivity index (χ0n) is 15.7. The van der Waals surface area contributed by atoms with Gasteiger partial charge >= 0.3 is 6.18 Å². The van der Waals surface area contributed by atoms with Crippen LogP contribution >= 0.6 is 11.8 Å². The summed E-state index contributed by atoms with van der Waals surface area (Å²) in [5, 5.41) is 12.0. The molecule has 0 spiro atoms. The fraction of sp³-hybridized carbons (Fsp3) is 0.200. The molecule has 0 aliphatic rings. The minimum atomic E-state index is -4.47. The number of aromatic nitrogens is 4. The molecule has 1 amide bonds. The number of thioether (sulfide) groups is 1. The minimum absolute atomic E-state index is 0.0658. The monoisotopic (exact) mass is 431 g/mol. The molecule has 4 aromatic rings. The number of halogens is 3. The highest BCUT2D eigenvalue weighted by Gasteiger charge is 2.30. The standard InChI is InChI=1S/C20H16F3N5OS/c1-2-11-6-7-15-14(8-11)17-18(25-15)26-19(28-27-17)30-10-16(29)24-13-5-3-4-12(9-13)20(21,22)23/h3-9H,2,10H2,1H3,(H,24,29)(H,25,26,28). The summed E-state index contributed by atoms with van der Waals surface area (Å²) in [7, 11) is 0. The van der Waals surface area contributed by atoms with Gasteiger partial charge in [0, 0.05) is 16.6 Å². The van der Waals surface area contributed by atoms with Gasteiger partial charge in [-0.05, 0) is 42.3 Å². The Morgan fingerprint density at radius 3 is 2.77 bits per heavy atom. The molecule has 6 nitrogen and oxygen atoms in total. The van der Waals surface area contributed by atoms with Gasteiger partial charge in [-0.2, -0.15) is 13.2 Å². The second kappa shape index (κ2) is 7.94. The predicted octanol–water partition coefficient (Wildman–Crippen LogP) is 4.82. The molecule has 2 aromatic carbocycles. The van der Waals surface area contributed by atoms with Crippen molar-refractivity contribution in [1.29, 1.82) is 0 Å². The van der Waals surface area contributed by atoms with E-state index < -0.39 is 17.6 Å². The summed E-state index contributed by atoms with van der Waals surface area (Å²) >= 11 is 1.05. The fourth-order valence-electron chi connectivity index (χ4n) is 2.99. The van der Waals surface area contributed by atoms with E-state index in [0.29, 0.717) is 16.3 Å². The third kappa shape index (κ3) is 4.23. The number of H-pyrrole nitrogens is 1. The average molecular weight is 431 g/mol. The van der Waals surface area contributed by atoms with Gasteiger partial charge in [0.25, 0.3) is 0 Å². The summed E-state index contributed by atoms with van der Waals surface area (Å²) in [6, 6.07) is 10.5. The molecule has 0 atom stereocenters. The molecule has 30 heavy (non-hydrogen) atoms. The SMILES string of the molecule is CCc1ccc2[nH]c3nc(SCC(=O)Nc4cccc(C(F)(F)F)c4)nnc3c2c1. The molecule has 154 valence electrons. The van der Waals surface area contributed by atoms with E-state index in [1.165, 1.54) is 17.7 Å². The number of aromatic amines is 1. The van der Waals surface area contributed by atoms with Gasteiger partial charge in [-0.1, -0.05) is 30.8 Å². The lowest BCUT2D eigenvalue weighted by atomic mass is 10.1. The quantitative estimate of drug-likeness (QED) is 0.443. The Morgan fingerprint density at radius 1 is 1.17 bits per heavy atom. The molecular formula is C20H16F3N5OS. The highest BCUT2D eigenvalue weighted by molar-refractivity contribution is 7.99. The van der Waals surface area contributed by atoms with Gasteiger partial charge in [-0.25, -0.2) is 4.98 Å². The molecule has 10 heteroatoms. The molecule has 0 saturated heterocycles. The highest BCUT2D eigenvalue weighted by Crippen LogP contribution is 2.31. The normalized spacial score (nSPS) is 11.9. The molecule has 0 radical (unpaired) electrons. The first kappa shape index (κ1) is 20.1. The number of amides is 1. The number of benzene rings is 2. The van der Waals surface area contributed by atoms with Crippen molar-refractivity contribution in [3.8, 4) is 0 Å². The predicted molar refractivity (Wildman–Crippen MR) is 109 cm³/mol. The van der Waals surface area contributed by atoms with E-state index in [9.17, 15) is 18.0 Å². The van der Waals surface area contributed by atoms with E-state index in [0.717, 1.165) is 41.2 Å². The molecule has 0 aliphatic heterocycles. The van der Waals surface area contributed by atoms with Crippen LogP contribution in [-0.2, 0) is 17.4 Å². The number of anilines is 1. The zero-order chi connectivity index (χ0) is 21.3. The summed E-state index contributed by atoms with van der Waals surface area (Å²) in [6.45, 7) is 2.07. The number of carbonyl (C=O) groups excluding carboxylic acids is 1. The van der Waals surface area contributed by atoms with Crippen LogP contribution in [0.3, 0.4) is 0 Å². The van der Waals surface area contributed by atoms with Gasteiger partial charge in [0.1, 0.15) is 5.52 Å². The summed E-state index contributed by atoms with van der Waals surface area (Å²) in [5.41, 5.74) is 2.54. The topological polar surface area (TPSA) is 83.6 Å². The van der Waals surface area contributed by atoms with Gasteiger partial charge in [0.2, 0.25) is 11.1 Å². The van der Waals surface area contributed by atoms with E-state index in [2.05, 4.69) is 32.4 Å². The van der Waals surface area contributed by atoms with Gasteiger partial charge < -0.3 is 10.3 Å². The first-order chi connectivity index (χ1) is 14.3. The number of hydrogen-bond acceptors (Lipinski definition) is 5. The van der Waals surface area contributed by atoms with E-state index in [4.69, 9.17) is 0 Å². The van der Waals surface area contributed by atoms with Crippen molar-refractivity contribution < 1.29 is 18.0 Å². The van der Waals surface area contributed by atoms with Crippen LogP contribution in [0.1, 0.15) is 18.1 Å². The van der Waals surface area contributed by atoms with Crippen LogP contribution in [0, 0.1) is 0 Å². The van der Waals surface area contributed by atoms with E-state index in [1.54, 1.807) is 0 Å². The van der Waals surface area contributed by atoms with Crippen molar-refractivity contribution in [2.45, 2.75) is 24.7 Å². The van der Waals surface area contributed by atoms with Crippen molar-refractivity contribution in [2.24, 2.45) is 0 Å². The Balaban J connectivity index is 1.45. The van der Waals surface area contributed by atoms with Crippen molar-refractivity contribution in [3.05, 3.63) is 53.6 Å². The number of hydrogen-bond donors (Lipinski definition) is 2. The number of nitrogens with zero attached hydrogens (tertiary/aromatic N) is 3. The maximum Gasteiger partial charge on any atom is 0.416 e. The van der Waals surface area contributed by atoms with Crippen LogP contribution in [0.4, 0.5) is 18.9 Å². The third-order valence-electron chi connectivity index (χ3n) is 4.47. The van der Waals surface area contributed by atoms with E-state index >= 15 is 0 Å². The van der Waals surface area contributed by atoms with E-state index in [1.807, 2.05) is 18.2 Å². The molecule has 2 heterocycles. The lowest BCUT2D eigenvalue weighted by Gasteiger charge is -2.09. The van der Waals surface area contributed by atoms with Crippen molar-refractivity contribution in [3.63, 3.8) is 0 Å². The molecule has 0 bridgehead atoms. The average Bonchev–Trinajstić information content (AvgIpc) is 3.08. The molecular weight excluding hydrogens is 415 g/mol. The number of rotatable bonds is 5. The molecule has 2 N–H and O–H groups in total. The zero-order valence-corrected chi connectivity index (χ0v) is 16.6. The Labute approximate surface area is 173 Å². The first-order valence-corrected chi connectivity index (χ1v) is 10.1. The highest BCUT2D eigenvalue weighted by atomic mass is 32.2. The number of alkyl halides is 3. The molecule has 0 aliphatic carbocycles. The van der Waals surface area contributed by atoms with Crippen LogP contribution in [-0.4, -0.2) is 31.8 Å². The summed E-state index contributed by atoms with van der Waals surface area (Å²) in [4.78, 5) is 19.7. The van der Waals surface area contributed by atoms with Crippen LogP contribution in [0.25, 0.3) is 22.1 Å². The molecule has 0 unspecified atom stereocenters. The number of fused-ring (bicyclic) bond motifs is 3. The van der Waals surface area contributed by atoms with Gasteiger partial charge in [-0.15, -0.1) is 10.2 Å². The third-order valence-corrected chi connectivity index (χ3v) is 5.31. The Morgan fingerprint density at radius 2 is 2.00 bits per heavy atom. The van der Waals surface area contributed by atoms with Crippen LogP contribution in [0.5, 0.6) is 0 Å². The lowest BCUT2D eigenvalue weighted by Crippen LogP contribution is -2.15. The molecule has 4 rings (SSSR count). The smallest absolute Gasteiger partial charge is 0.338 e. The summed E-state index contributed by atoms with van der Waals surface area (Å²) in [5.74, 6) is -0.531. The molecule has 2 aromatic heterocycles. The number of aryl methyl sites for hydroxylation is 1. The van der Waals surface area contributed by atoms with Crippen molar-refractivity contribution >= 4 is 45.4 Å². The lowest BCUT2D eigenvalue weighted by molar-refractivity contribution is -0.137. The Hall–Kier alpha value is -3.14. The van der Waals surface area contributed by atoms with Gasteiger partial charge in [-0.3, -0.25) is 4.79 Å². The van der Waals surface area contributed by atoms with E-state index in [-0.39, 0.29) is 11.4 Å². The van der Waals surface area contributed by atoms with Crippen LogP contribution in [0.15, 0.2) is 47.6 Å². The number of carbonyl (C=O) groups is 1. The van der Waals surface area contributed by atoms with Crippen LogP contribution < -0.4 is 5.32 Å². The Bertz CT molecular complexity index is 1240. The summed E-state index contributed by atoms with van der Waals surface area (Å²) < 4.78 is 38.3. The Kier molecular flexibility index (Phi) is 5.33. The maximum atomic E-state index is 12.8. The second-order valence-corrected chi connectivity index (χ2v) is 7.51. The number of nitrogens with one attached hydrogen (secondary N) is 2. The fourth-order valence-corrected chi connectivity index (χ4v) is 3.57. The van der Waals surface area contributed by atoms with Gasteiger partial charge in [0.15, 0.2) is 5.65 Å². The molecule has 0 saturated carbocycles. The second-order valence-electron chi connectivity index (χ2n) is 6.57. The maximum absolute atomic E-state index is 12.8. The molecule has 0 fully saturated rings. The van der Waals surface area contributed by atoms with Crippen molar-refractivity contribution in [1.82, 2.24) is 20.2 Å².